The summed E-state index contributed by atoms with van der Waals surface area (Å²) in [6.45, 7) is 2.24. The molecule has 0 aliphatic carbocycles. The summed E-state index contributed by atoms with van der Waals surface area (Å²) in [5.41, 5.74) is 2.84. The summed E-state index contributed by atoms with van der Waals surface area (Å²) in [4.78, 5) is 15.4. The molecule has 0 spiro atoms. The molecule has 4 rings (SSSR count). The maximum absolute atomic E-state index is 13.9. The SMILES string of the molecule is Cc1c(F)cccc1-c1cccc(COc2ccc(C3(OCC(=O)O)COC3)cc2)n1. The summed E-state index contributed by atoms with van der Waals surface area (Å²) in [6, 6.07) is 17.8. The largest absolute Gasteiger partial charge is 0.487 e. The third-order valence-electron chi connectivity index (χ3n) is 5.26. The van der Waals surface area contributed by atoms with E-state index < -0.39 is 11.6 Å². The van der Waals surface area contributed by atoms with Crippen molar-refractivity contribution in [2.24, 2.45) is 0 Å². The summed E-state index contributed by atoms with van der Waals surface area (Å²) in [7, 11) is 0. The van der Waals surface area contributed by atoms with E-state index in [9.17, 15) is 9.18 Å². The van der Waals surface area contributed by atoms with Crippen LogP contribution in [0.3, 0.4) is 0 Å². The zero-order valence-corrected chi connectivity index (χ0v) is 17.0. The molecule has 2 aromatic carbocycles. The molecule has 0 radical (unpaired) electrons. The van der Waals surface area contributed by atoms with E-state index in [1.165, 1.54) is 6.07 Å². The van der Waals surface area contributed by atoms with Crippen LogP contribution in [0.25, 0.3) is 11.3 Å². The Morgan fingerprint density at radius 3 is 2.55 bits per heavy atom. The topological polar surface area (TPSA) is 77.9 Å². The van der Waals surface area contributed by atoms with Gasteiger partial charge < -0.3 is 19.3 Å². The van der Waals surface area contributed by atoms with Gasteiger partial charge in [-0.1, -0.05) is 30.3 Å². The zero-order valence-electron chi connectivity index (χ0n) is 17.0. The predicted octanol–water partition coefficient (Wildman–Crippen LogP) is 4.10. The molecule has 1 N–H and O–H groups in total. The number of ether oxygens (including phenoxy) is 3. The van der Waals surface area contributed by atoms with Gasteiger partial charge in [-0.05, 0) is 48.4 Å². The van der Waals surface area contributed by atoms with Crippen LogP contribution >= 0.6 is 0 Å². The van der Waals surface area contributed by atoms with Crippen LogP contribution < -0.4 is 4.74 Å². The molecule has 6 nitrogen and oxygen atoms in total. The van der Waals surface area contributed by atoms with Crippen molar-refractivity contribution in [2.45, 2.75) is 19.1 Å². The van der Waals surface area contributed by atoms with Crippen LogP contribution in [0.1, 0.15) is 16.8 Å². The first-order valence-corrected chi connectivity index (χ1v) is 9.85. The van der Waals surface area contributed by atoms with Gasteiger partial charge in [0.05, 0.1) is 24.6 Å². The number of nitrogens with zero attached hydrogens (tertiary/aromatic N) is 1. The Labute approximate surface area is 179 Å². The third kappa shape index (κ3) is 4.57. The molecule has 0 unspecified atom stereocenters. The fourth-order valence-electron chi connectivity index (χ4n) is 3.43. The molecule has 1 fully saturated rings. The van der Waals surface area contributed by atoms with Crippen molar-refractivity contribution in [2.75, 3.05) is 19.8 Å². The molecule has 0 amide bonds. The van der Waals surface area contributed by atoms with E-state index in [1.54, 1.807) is 25.1 Å². The maximum atomic E-state index is 13.9. The molecule has 0 bridgehead atoms. The molecule has 3 aromatic rings. The number of halogens is 1. The van der Waals surface area contributed by atoms with Gasteiger partial charge in [0.15, 0.2) is 0 Å². The Morgan fingerprint density at radius 1 is 1.13 bits per heavy atom. The molecule has 1 saturated heterocycles. The molecule has 1 aromatic heterocycles. The number of carboxylic acids is 1. The Kier molecular flexibility index (Phi) is 5.97. The maximum Gasteiger partial charge on any atom is 0.329 e. The lowest BCUT2D eigenvalue weighted by Gasteiger charge is -2.41. The van der Waals surface area contributed by atoms with Gasteiger partial charge in [-0.3, -0.25) is 0 Å². The Morgan fingerprint density at radius 2 is 1.87 bits per heavy atom. The van der Waals surface area contributed by atoms with Gasteiger partial charge in [-0.15, -0.1) is 0 Å². The van der Waals surface area contributed by atoms with Crippen molar-refractivity contribution < 1.29 is 28.5 Å². The highest BCUT2D eigenvalue weighted by Gasteiger charge is 2.42. The van der Waals surface area contributed by atoms with Crippen LogP contribution in [0.2, 0.25) is 0 Å². The monoisotopic (exact) mass is 423 g/mol. The minimum Gasteiger partial charge on any atom is -0.487 e. The molecule has 7 heteroatoms. The quantitative estimate of drug-likeness (QED) is 0.588. The fraction of sp³-hybridized carbons (Fsp3) is 0.250. The number of aromatic nitrogens is 1. The zero-order chi connectivity index (χ0) is 21.8. The normalized spacial score (nSPS) is 14.6. The van der Waals surface area contributed by atoms with Crippen molar-refractivity contribution in [3.63, 3.8) is 0 Å². The molecule has 2 heterocycles. The van der Waals surface area contributed by atoms with E-state index in [0.29, 0.717) is 30.2 Å². The number of hydrogen-bond acceptors (Lipinski definition) is 5. The van der Waals surface area contributed by atoms with Gasteiger partial charge in [-0.2, -0.15) is 0 Å². The summed E-state index contributed by atoms with van der Waals surface area (Å²) < 4.78 is 30.5. The summed E-state index contributed by atoms with van der Waals surface area (Å²) >= 11 is 0. The average Bonchev–Trinajstić information content (AvgIpc) is 2.74. The fourth-order valence-corrected chi connectivity index (χ4v) is 3.43. The number of hydrogen-bond donors (Lipinski definition) is 1. The summed E-state index contributed by atoms with van der Waals surface area (Å²) in [5, 5.41) is 8.88. The van der Waals surface area contributed by atoms with Crippen molar-refractivity contribution >= 4 is 5.97 Å². The smallest absolute Gasteiger partial charge is 0.329 e. The van der Waals surface area contributed by atoms with E-state index in [2.05, 4.69) is 4.98 Å². The van der Waals surface area contributed by atoms with Crippen molar-refractivity contribution in [1.82, 2.24) is 4.98 Å². The second-order valence-corrected chi connectivity index (χ2v) is 7.41. The van der Waals surface area contributed by atoms with Crippen molar-refractivity contribution in [3.05, 3.63) is 83.3 Å². The molecule has 160 valence electrons. The minimum atomic E-state index is -1.02. The number of carboxylic acid groups (broad SMARTS) is 1. The Balaban J connectivity index is 1.43. The molecule has 1 aliphatic rings. The Bertz CT molecular complexity index is 1080. The lowest BCUT2D eigenvalue weighted by molar-refractivity contribution is -0.220. The second kappa shape index (κ2) is 8.83. The van der Waals surface area contributed by atoms with Crippen LogP contribution in [0.4, 0.5) is 4.39 Å². The predicted molar refractivity (Wildman–Crippen MR) is 111 cm³/mol. The van der Waals surface area contributed by atoms with E-state index in [0.717, 1.165) is 16.8 Å². The summed E-state index contributed by atoms with van der Waals surface area (Å²) in [5.74, 6) is -0.635. The number of aliphatic carboxylic acids is 1. The van der Waals surface area contributed by atoms with Crippen LogP contribution in [-0.4, -0.2) is 35.9 Å². The van der Waals surface area contributed by atoms with E-state index in [-0.39, 0.29) is 19.0 Å². The first-order chi connectivity index (χ1) is 15.0. The van der Waals surface area contributed by atoms with E-state index >= 15 is 0 Å². The lowest BCUT2D eigenvalue weighted by Crippen LogP contribution is -2.49. The first kappa shape index (κ1) is 21.0. The second-order valence-electron chi connectivity index (χ2n) is 7.41. The summed E-state index contributed by atoms with van der Waals surface area (Å²) in [6.07, 6.45) is 0. The molecular weight excluding hydrogens is 401 g/mol. The molecule has 0 saturated carbocycles. The molecule has 31 heavy (non-hydrogen) atoms. The van der Waals surface area contributed by atoms with Crippen molar-refractivity contribution in [3.8, 4) is 17.0 Å². The third-order valence-corrected chi connectivity index (χ3v) is 5.26. The van der Waals surface area contributed by atoms with Crippen LogP contribution in [0.5, 0.6) is 5.75 Å². The molecule has 0 atom stereocenters. The van der Waals surface area contributed by atoms with Gasteiger partial charge in [0, 0.05) is 5.56 Å². The lowest BCUT2D eigenvalue weighted by atomic mass is 9.91. The van der Waals surface area contributed by atoms with Crippen LogP contribution in [0.15, 0.2) is 60.7 Å². The number of rotatable bonds is 8. The highest BCUT2D eigenvalue weighted by molar-refractivity contribution is 5.68. The number of benzene rings is 2. The van der Waals surface area contributed by atoms with E-state index in [1.807, 2.05) is 36.4 Å². The van der Waals surface area contributed by atoms with Crippen LogP contribution in [0, 0.1) is 12.7 Å². The van der Waals surface area contributed by atoms with Crippen LogP contribution in [-0.2, 0) is 26.5 Å². The van der Waals surface area contributed by atoms with Gasteiger partial charge in [-0.25, -0.2) is 14.2 Å². The van der Waals surface area contributed by atoms with Gasteiger partial charge in [0.2, 0.25) is 0 Å². The highest BCUT2D eigenvalue weighted by atomic mass is 19.1. The Hall–Kier alpha value is -3.29. The van der Waals surface area contributed by atoms with Gasteiger partial charge >= 0.3 is 5.97 Å². The number of carbonyl (C=O) groups is 1. The van der Waals surface area contributed by atoms with Gasteiger partial charge in [0.1, 0.15) is 30.4 Å². The van der Waals surface area contributed by atoms with E-state index in [4.69, 9.17) is 19.3 Å². The average molecular weight is 423 g/mol. The highest BCUT2D eigenvalue weighted by Crippen LogP contribution is 2.34. The first-order valence-electron chi connectivity index (χ1n) is 9.85. The molecular formula is C24H22FNO5. The standard InChI is InChI=1S/C24H22FNO5/c1-16-20(5-3-6-21(16)25)22-7-2-4-18(26-22)12-30-19-10-8-17(9-11-19)24(14-29-15-24)31-13-23(27)28/h2-11H,12-15H2,1H3,(H,27,28). The minimum absolute atomic E-state index is 0.255. The van der Waals surface area contributed by atoms with Gasteiger partial charge in [0.25, 0.3) is 0 Å². The van der Waals surface area contributed by atoms with Crippen molar-refractivity contribution in [1.29, 1.82) is 0 Å². The number of pyridine rings is 1. The molecule has 1 aliphatic heterocycles.